The first-order chi connectivity index (χ1) is 16.5. The molecule has 2 aromatic carbocycles. The molecule has 3 amide bonds. The molecule has 1 aliphatic heterocycles. The second-order valence-electron chi connectivity index (χ2n) is 8.32. The van der Waals surface area contributed by atoms with Gasteiger partial charge in [-0.1, -0.05) is 49.7 Å². The fraction of sp³-hybridized carbons (Fsp3) is 0.185. The summed E-state index contributed by atoms with van der Waals surface area (Å²) in [6, 6.07) is 18.4. The Labute approximate surface area is 201 Å². The molecule has 6 nitrogen and oxygen atoms in total. The summed E-state index contributed by atoms with van der Waals surface area (Å²) in [5.41, 5.74) is 2.70. The van der Waals surface area contributed by atoms with Crippen LogP contribution in [-0.4, -0.2) is 34.2 Å². The van der Waals surface area contributed by atoms with Gasteiger partial charge >= 0.3 is 0 Å². The lowest BCUT2D eigenvalue weighted by atomic mass is 9.95. The zero-order chi connectivity index (χ0) is 23.7. The van der Waals surface area contributed by atoms with Gasteiger partial charge in [-0.15, -0.1) is 11.3 Å². The number of anilines is 1. The van der Waals surface area contributed by atoms with E-state index in [1.54, 1.807) is 36.7 Å². The van der Waals surface area contributed by atoms with E-state index >= 15 is 0 Å². The van der Waals surface area contributed by atoms with Crippen molar-refractivity contribution >= 4 is 44.1 Å². The largest absolute Gasteiger partial charge is 0.317 e. The Hall–Kier alpha value is -3.84. The first-order valence-corrected chi connectivity index (χ1v) is 12.0. The third-order valence-electron chi connectivity index (χ3n) is 6.05. The van der Waals surface area contributed by atoms with E-state index < -0.39 is 5.92 Å². The number of fused-ring (bicyclic) bond motifs is 2. The molecule has 1 unspecified atom stereocenters. The van der Waals surface area contributed by atoms with E-state index in [0.29, 0.717) is 16.1 Å². The summed E-state index contributed by atoms with van der Waals surface area (Å²) in [5, 5.41) is 4.69. The quantitative estimate of drug-likeness (QED) is 0.374. The molecule has 0 saturated carbocycles. The topological polar surface area (TPSA) is 79.4 Å². The molecule has 1 N–H and O–H groups in total. The molecule has 170 valence electrons. The van der Waals surface area contributed by atoms with E-state index in [1.807, 2.05) is 36.4 Å². The van der Waals surface area contributed by atoms with Crippen LogP contribution in [0.1, 0.15) is 51.1 Å². The molecule has 0 spiro atoms. The average molecular weight is 470 g/mol. The maximum Gasteiger partial charge on any atom is 0.261 e. The summed E-state index contributed by atoms with van der Waals surface area (Å²) < 4.78 is 0.971. The van der Waals surface area contributed by atoms with Gasteiger partial charge in [-0.25, -0.2) is 0 Å². The molecule has 7 heteroatoms. The summed E-state index contributed by atoms with van der Waals surface area (Å²) in [5.74, 6) is -1.71. The molecule has 34 heavy (non-hydrogen) atoms. The van der Waals surface area contributed by atoms with Crippen LogP contribution in [0.15, 0.2) is 73.1 Å². The van der Waals surface area contributed by atoms with Gasteiger partial charge in [0.2, 0.25) is 5.91 Å². The monoisotopic (exact) mass is 469 g/mol. The molecule has 0 radical (unpaired) electrons. The van der Waals surface area contributed by atoms with Gasteiger partial charge in [0.05, 0.1) is 26.7 Å². The number of hydrogen-bond acceptors (Lipinski definition) is 5. The maximum absolute atomic E-state index is 13.5. The van der Waals surface area contributed by atoms with Crippen molar-refractivity contribution < 1.29 is 14.4 Å². The molecular weight excluding hydrogens is 446 g/mol. The number of imide groups is 1. The number of carbonyl (C=O) groups is 3. The van der Waals surface area contributed by atoms with E-state index in [4.69, 9.17) is 0 Å². The first kappa shape index (κ1) is 22.0. The second-order valence-corrected chi connectivity index (χ2v) is 9.41. The van der Waals surface area contributed by atoms with Gasteiger partial charge in [0.25, 0.3) is 11.8 Å². The third kappa shape index (κ3) is 4.10. The average Bonchev–Trinajstić information content (AvgIpc) is 3.36. The Bertz CT molecular complexity index is 1330. The Morgan fingerprint density at radius 2 is 1.74 bits per heavy atom. The van der Waals surface area contributed by atoms with Crippen LogP contribution in [0.3, 0.4) is 0 Å². The zero-order valence-corrected chi connectivity index (χ0v) is 19.5. The highest BCUT2D eigenvalue weighted by Gasteiger charge is 2.38. The van der Waals surface area contributed by atoms with Gasteiger partial charge in [0, 0.05) is 18.9 Å². The molecule has 0 bridgehead atoms. The predicted octanol–water partition coefficient (Wildman–Crippen LogP) is 5.27. The minimum absolute atomic E-state index is 0.0300. The number of carbonyl (C=O) groups excluding carboxylic acids is 3. The number of amides is 3. The maximum atomic E-state index is 13.5. The molecule has 4 aromatic rings. The lowest BCUT2D eigenvalue weighted by Gasteiger charge is -2.22. The van der Waals surface area contributed by atoms with Crippen LogP contribution >= 0.6 is 11.3 Å². The van der Waals surface area contributed by atoms with Crippen LogP contribution in [0.25, 0.3) is 10.1 Å². The van der Waals surface area contributed by atoms with Crippen molar-refractivity contribution in [2.24, 2.45) is 0 Å². The number of aryl methyl sites for hydroxylation is 1. The number of nitrogens with zero attached hydrogens (tertiary/aromatic N) is 2. The highest BCUT2D eigenvalue weighted by molar-refractivity contribution is 7.22. The standard InChI is InChI=1S/C27H23N3O3S/c1-2-5-17-8-10-18(11-9-17)22(16-30-26(32)20-6-3-4-7-21(20)27(30)33)25(31)29-24-14-19-12-13-28-15-23(19)34-24/h3-4,6-15,22H,2,5,16H2,1H3,(H,29,31). The summed E-state index contributed by atoms with van der Waals surface area (Å²) in [4.78, 5) is 44.8. The highest BCUT2D eigenvalue weighted by Crippen LogP contribution is 2.31. The molecule has 0 aliphatic carbocycles. The number of aromatic nitrogens is 1. The number of rotatable bonds is 7. The second kappa shape index (κ2) is 9.19. The fourth-order valence-corrected chi connectivity index (χ4v) is 5.22. The van der Waals surface area contributed by atoms with Crippen LogP contribution in [0.4, 0.5) is 5.00 Å². The molecule has 1 aliphatic rings. The SMILES string of the molecule is CCCc1ccc(C(CN2C(=O)c3ccccc3C2=O)C(=O)Nc2cc3ccncc3s2)cc1. The van der Waals surface area contributed by atoms with Crippen LogP contribution in [0.5, 0.6) is 0 Å². The molecule has 1 atom stereocenters. The van der Waals surface area contributed by atoms with Gasteiger partial charge in [-0.3, -0.25) is 24.3 Å². The van der Waals surface area contributed by atoms with Gasteiger partial charge in [-0.2, -0.15) is 0 Å². The number of thiophene rings is 1. The third-order valence-corrected chi connectivity index (χ3v) is 7.05. The number of pyridine rings is 1. The lowest BCUT2D eigenvalue weighted by molar-refractivity contribution is -0.117. The minimum atomic E-state index is -0.707. The van der Waals surface area contributed by atoms with Crippen molar-refractivity contribution in [1.82, 2.24) is 9.88 Å². The highest BCUT2D eigenvalue weighted by atomic mass is 32.1. The summed E-state index contributed by atoms with van der Waals surface area (Å²) in [7, 11) is 0. The Kier molecular flexibility index (Phi) is 5.94. The van der Waals surface area contributed by atoms with E-state index in [9.17, 15) is 14.4 Å². The van der Waals surface area contributed by atoms with Gasteiger partial charge < -0.3 is 5.32 Å². The van der Waals surface area contributed by atoms with Crippen LogP contribution in [0, 0.1) is 0 Å². The summed E-state index contributed by atoms with van der Waals surface area (Å²) in [6.07, 6.45) is 5.45. The van der Waals surface area contributed by atoms with E-state index in [-0.39, 0.29) is 24.3 Å². The molecular formula is C27H23N3O3S. The molecule has 0 fully saturated rings. The van der Waals surface area contributed by atoms with Crippen molar-refractivity contribution in [2.45, 2.75) is 25.7 Å². The van der Waals surface area contributed by atoms with Crippen LogP contribution in [0.2, 0.25) is 0 Å². The molecule has 3 heterocycles. The van der Waals surface area contributed by atoms with E-state index in [1.165, 1.54) is 21.8 Å². The zero-order valence-electron chi connectivity index (χ0n) is 18.7. The van der Waals surface area contributed by atoms with Gasteiger partial charge in [-0.05, 0) is 47.2 Å². The van der Waals surface area contributed by atoms with Crippen molar-refractivity contribution in [2.75, 3.05) is 11.9 Å². The molecule has 0 saturated heterocycles. The summed E-state index contributed by atoms with van der Waals surface area (Å²) in [6.45, 7) is 2.09. The minimum Gasteiger partial charge on any atom is -0.317 e. The van der Waals surface area contributed by atoms with Gasteiger partial charge in [0.1, 0.15) is 0 Å². The Balaban J connectivity index is 1.45. The lowest BCUT2D eigenvalue weighted by Crippen LogP contribution is -2.38. The molecule has 5 rings (SSSR count). The summed E-state index contributed by atoms with van der Waals surface area (Å²) >= 11 is 1.44. The van der Waals surface area contributed by atoms with Crippen molar-refractivity contribution in [3.63, 3.8) is 0 Å². The number of benzene rings is 2. The predicted molar refractivity (Wildman–Crippen MR) is 133 cm³/mol. The smallest absolute Gasteiger partial charge is 0.261 e. The van der Waals surface area contributed by atoms with Crippen molar-refractivity contribution in [1.29, 1.82) is 0 Å². The molecule has 2 aromatic heterocycles. The van der Waals surface area contributed by atoms with Crippen molar-refractivity contribution in [3.05, 3.63) is 95.3 Å². The Morgan fingerprint density at radius 1 is 1.03 bits per heavy atom. The number of hydrogen-bond donors (Lipinski definition) is 1. The Morgan fingerprint density at radius 3 is 2.38 bits per heavy atom. The fourth-order valence-electron chi connectivity index (χ4n) is 4.29. The van der Waals surface area contributed by atoms with E-state index in [2.05, 4.69) is 17.2 Å². The van der Waals surface area contributed by atoms with Crippen LogP contribution < -0.4 is 5.32 Å². The van der Waals surface area contributed by atoms with Crippen LogP contribution in [-0.2, 0) is 11.2 Å². The number of nitrogens with one attached hydrogen (secondary N) is 1. The van der Waals surface area contributed by atoms with Crippen molar-refractivity contribution in [3.8, 4) is 0 Å². The normalized spacial score (nSPS) is 13.9. The van der Waals surface area contributed by atoms with Gasteiger partial charge in [0.15, 0.2) is 0 Å². The first-order valence-electron chi connectivity index (χ1n) is 11.2. The van der Waals surface area contributed by atoms with E-state index in [0.717, 1.165) is 28.5 Å².